The fourth-order valence-corrected chi connectivity index (χ4v) is 0.634. The second-order valence-corrected chi connectivity index (χ2v) is 3.84. The van der Waals surface area contributed by atoms with E-state index in [0.29, 0.717) is 10.3 Å². The SMILES string of the molecule is C[C@@H](I)CCC(=O)O. The molecule has 8 heavy (non-hydrogen) atoms. The van der Waals surface area contributed by atoms with E-state index in [-0.39, 0.29) is 0 Å². The smallest absolute Gasteiger partial charge is 0.303 e. The van der Waals surface area contributed by atoms with Gasteiger partial charge in [-0.2, -0.15) is 0 Å². The Morgan fingerprint density at radius 2 is 2.38 bits per heavy atom. The van der Waals surface area contributed by atoms with Crippen LogP contribution < -0.4 is 0 Å². The summed E-state index contributed by atoms with van der Waals surface area (Å²) in [5, 5.41) is 8.16. The maximum atomic E-state index is 9.90. The fourth-order valence-electron chi connectivity index (χ4n) is 0.322. The Morgan fingerprint density at radius 3 is 2.50 bits per heavy atom. The first-order valence-electron chi connectivity index (χ1n) is 2.49. The van der Waals surface area contributed by atoms with Gasteiger partial charge >= 0.3 is 5.97 Å². The highest BCUT2D eigenvalue weighted by Gasteiger charge is 1.99. The Labute approximate surface area is 62.4 Å². The largest absolute Gasteiger partial charge is 0.481 e. The van der Waals surface area contributed by atoms with Crippen molar-refractivity contribution in [2.24, 2.45) is 0 Å². The standard InChI is InChI=1S/C5H9IO2/c1-4(6)2-3-5(7)8/h4H,2-3H2,1H3,(H,7,8)/t4-/m1/s1. The lowest BCUT2D eigenvalue weighted by atomic mass is 10.3. The summed E-state index contributed by atoms with van der Waals surface area (Å²) in [4.78, 5) is 9.90. The number of halogens is 1. The van der Waals surface area contributed by atoms with Crippen LogP contribution in [0.5, 0.6) is 0 Å². The number of rotatable bonds is 3. The van der Waals surface area contributed by atoms with Gasteiger partial charge in [0.2, 0.25) is 0 Å². The van der Waals surface area contributed by atoms with E-state index in [0.717, 1.165) is 6.42 Å². The number of alkyl halides is 1. The molecule has 1 N–H and O–H groups in total. The van der Waals surface area contributed by atoms with E-state index in [1.54, 1.807) is 0 Å². The minimum absolute atomic E-state index is 0.296. The van der Waals surface area contributed by atoms with Crippen LogP contribution in [0.4, 0.5) is 0 Å². The number of hydrogen-bond acceptors (Lipinski definition) is 1. The first-order chi connectivity index (χ1) is 3.63. The molecule has 0 saturated heterocycles. The topological polar surface area (TPSA) is 37.3 Å². The van der Waals surface area contributed by atoms with E-state index in [9.17, 15) is 4.79 Å². The monoisotopic (exact) mass is 228 g/mol. The van der Waals surface area contributed by atoms with Crippen LogP contribution in [0.2, 0.25) is 0 Å². The van der Waals surface area contributed by atoms with Crippen molar-refractivity contribution in [1.29, 1.82) is 0 Å². The van der Waals surface area contributed by atoms with Gasteiger partial charge in [-0.15, -0.1) is 0 Å². The van der Waals surface area contributed by atoms with Crippen molar-refractivity contribution in [3.63, 3.8) is 0 Å². The maximum Gasteiger partial charge on any atom is 0.303 e. The summed E-state index contributed by atoms with van der Waals surface area (Å²) in [5.41, 5.74) is 0. The molecule has 0 aliphatic carbocycles. The number of carbonyl (C=O) groups is 1. The first kappa shape index (κ1) is 8.20. The van der Waals surface area contributed by atoms with E-state index in [4.69, 9.17) is 5.11 Å². The molecule has 0 unspecified atom stereocenters. The summed E-state index contributed by atoms with van der Waals surface area (Å²) in [5.74, 6) is -0.700. The van der Waals surface area contributed by atoms with Gasteiger partial charge < -0.3 is 5.11 Å². The van der Waals surface area contributed by atoms with Gasteiger partial charge in [0.1, 0.15) is 0 Å². The summed E-state index contributed by atoms with van der Waals surface area (Å²) >= 11 is 2.21. The average Bonchev–Trinajstić information content (AvgIpc) is 1.61. The second kappa shape index (κ2) is 4.12. The molecule has 0 bridgehead atoms. The van der Waals surface area contributed by atoms with Crippen LogP contribution >= 0.6 is 22.6 Å². The van der Waals surface area contributed by atoms with Crippen molar-refractivity contribution >= 4 is 28.6 Å². The molecule has 2 nitrogen and oxygen atoms in total. The van der Waals surface area contributed by atoms with E-state index >= 15 is 0 Å². The quantitative estimate of drug-likeness (QED) is 0.589. The minimum Gasteiger partial charge on any atom is -0.481 e. The van der Waals surface area contributed by atoms with Crippen LogP contribution in [0.3, 0.4) is 0 Å². The van der Waals surface area contributed by atoms with Gasteiger partial charge in [-0.3, -0.25) is 4.79 Å². The van der Waals surface area contributed by atoms with Gasteiger partial charge in [0.05, 0.1) is 0 Å². The van der Waals surface area contributed by atoms with E-state index in [1.807, 2.05) is 6.92 Å². The predicted octanol–water partition coefficient (Wildman–Crippen LogP) is 1.67. The first-order valence-corrected chi connectivity index (χ1v) is 3.73. The molecule has 48 valence electrons. The van der Waals surface area contributed by atoms with Crippen LogP contribution in [0.1, 0.15) is 19.8 Å². The molecule has 0 aliphatic rings. The summed E-state index contributed by atoms with van der Waals surface area (Å²) < 4.78 is 0.476. The lowest BCUT2D eigenvalue weighted by molar-refractivity contribution is -0.137. The molecule has 1 atom stereocenters. The van der Waals surface area contributed by atoms with Crippen molar-refractivity contribution in [2.45, 2.75) is 23.7 Å². The number of hydrogen-bond donors (Lipinski definition) is 1. The van der Waals surface area contributed by atoms with Crippen molar-refractivity contribution < 1.29 is 9.90 Å². The Balaban J connectivity index is 3.05. The van der Waals surface area contributed by atoms with Crippen LogP contribution in [-0.4, -0.2) is 15.0 Å². The van der Waals surface area contributed by atoms with Gasteiger partial charge in [0.25, 0.3) is 0 Å². The highest BCUT2D eigenvalue weighted by Crippen LogP contribution is 2.05. The van der Waals surface area contributed by atoms with Crippen molar-refractivity contribution in [1.82, 2.24) is 0 Å². The molecule has 0 fully saturated rings. The zero-order valence-corrected chi connectivity index (χ0v) is 6.88. The van der Waals surface area contributed by atoms with Crippen LogP contribution in [-0.2, 0) is 4.79 Å². The lowest BCUT2D eigenvalue weighted by Gasteiger charge is -1.95. The molecule has 0 aromatic carbocycles. The highest BCUT2D eigenvalue weighted by molar-refractivity contribution is 14.1. The molecule has 0 radical (unpaired) electrons. The average molecular weight is 228 g/mol. The zero-order valence-electron chi connectivity index (χ0n) is 4.72. The van der Waals surface area contributed by atoms with E-state index in [2.05, 4.69) is 22.6 Å². The van der Waals surface area contributed by atoms with Crippen molar-refractivity contribution in [3.8, 4) is 0 Å². The van der Waals surface area contributed by atoms with Gasteiger partial charge in [-0.25, -0.2) is 0 Å². The summed E-state index contributed by atoms with van der Waals surface area (Å²) in [6, 6.07) is 0. The van der Waals surface area contributed by atoms with Crippen molar-refractivity contribution in [2.75, 3.05) is 0 Å². The maximum absolute atomic E-state index is 9.90. The van der Waals surface area contributed by atoms with E-state index in [1.165, 1.54) is 0 Å². The Bertz CT molecular complexity index is 80.5. The molecule has 0 aromatic rings. The Hall–Kier alpha value is 0.200. The lowest BCUT2D eigenvalue weighted by Crippen LogP contribution is -1.98. The fraction of sp³-hybridized carbons (Fsp3) is 0.800. The molecule has 0 spiro atoms. The molecule has 0 aliphatic heterocycles. The minimum atomic E-state index is -0.700. The Morgan fingerprint density at radius 1 is 1.88 bits per heavy atom. The van der Waals surface area contributed by atoms with Gasteiger partial charge in [0, 0.05) is 10.3 Å². The molecule has 0 saturated carbocycles. The summed E-state index contributed by atoms with van der Waals surface area (Å²) in [6.07, 6.45) is 1.07. The molecular weight excluding hydrogens is 219 g/mol. The Kier molecular flexibility index (Phi) is 4.22. The molecule has 0 aromatic heterocycles. The number of aliphatic carboxylic acids is 1. The number of carboxylic acid groups (broad SMARTS) is 1. The molecule has 0 rings (SSSR count). The van der Waals surface area contributed by atoms with Gasteiger partial charge in [-0.1, -0.05) is 29.5 Å². The zero-order chi connectivity index (χ0) is 6.57. The number of carboxylic acids is 1. The molecular formula is C5H9IO2. The van der Waals surface area contributed by atoms with Crippen LogP contribution in [0, 0.1) is 0 Å². The van der Waals surface area contributed by atoms with Gasteiger partial charge in [-0.05, 0) is 6.42 Å². The molecule has 3 heteroatoms. The van der Waals surface area contributed by atoms with Crippen LogP contribution in [0.15, 0.2) is 0 Å². The van der Waals surface area contributed by atoms with Gasteiger partial charge in [0.15, 0.2) is 0 Å². The summed E-state index contributed by atoms with van der Waals surface area (Å²) in [7, 11) is 0. The third-order valence-corrected chi connectivity index (χ3v) is 1.38. The van der Waals surface area contributed by atoms with E-state index < -0.39 is 5.97 Å². The summed E-state index contributed by atoms with van der Waals surface area (Å²) in [6.45, 7) is 2.00. The normalized spacial score (nSPS) is 13.2. The van der Waals surface area contributed by atoms with Crippen molar-refractivity contribution in [3.05, 3.63) is 0 Å². The van der Waals surface area contributed by atoms with Crippen LogP contribution in [0.25, 0.3) is 0 Å². The predicted molar refractivity (Wildman–Crippen MR) is 40.4 cm³/mol. The second-order valence-electron chi connectivity index (χ2n) is 1.71. The third kappa shape index (κ3) is 6.20. The molecule has 0 amide bonds. The third-order valence-electron chi connectivity index (χ3n) is 0.756. The molecule has 0 heterocycles. The highest BCUT2D eigenvalue weighted by atomic mass is 127.